The Morgan fingerprint density at radius 1 is 1.38 bits per heavy atom. The van der Waals surface area contributed by atoms with E-state index in [0.717, 1.165) is 22.8 Å². The number of aromatic nitrogens is 3. The number of nitrogens with one attached hydrogen (secondary N) is 2. The Morgan fingerprint density at radius 2 is 2.12 bits per heavy atom. The number of benzene rings is 1. The van der Waals surface area contributed by atoms with Gasteiger partial charge in [-0.25, -0.2) is 13.1 Å². The number of rotatable bonds is 7. The van der Waals surface area contributed by atoms with Crippen LogP contribution in [0.15, 0.2) is 24.3 Å². The van der Waals surface area contributed by atoms with Gasteiger partial charge in [-0.3, -0.25) is 5.10 Å². The van der Waals surface area contributed by atoms with Crippen molar-refractivity contribution in [2.24, 2.45) is 0 Å². The van der Waals surface area contributed by atoms with Gasteiger partial charge in [-0.05, 0) is 19.1 Å². The van der Waals surface area contributed by atoms with E-state index in [4.69, 9.17) is 17.0 Å². The topological polar surface area (TPSA) is 81.4 Å². The fraction of sp³-hybridized carbons (Fsp3) is 0.529. The molecule has 1 aromatic heterocycles. The van der Waals surface area contributed by atoms with Crippen molar-refractivity contribution >= 4 is 22.1 Å². The Kier molecular flexibility index (Phi) is 5.91. The van der Waals surface area contributed by atoms with Crippen LogP contribution >= 0.6 is 12.2 Å². The van der Waals surface area contributed by atoms with Crippen LogP contribution in [-0.2, 0) is 21.2 Å². The van der Waals surface area contributed by atoms with Crippen molar-refractivity contribution in [1.29, 1.82) is 0 Å². The van der Waals surface area contributed by atoms with Gasteiger partial charge in [-0.2, -0.15) is 4.98 Å². The lowest BCUT2D eigenvalue weighted by atomic mass is 10.1. The number of ether oxygens (including phenoxy) is 1. The molecule has 0 bridgehead atoms. The summed E-state index contributed by atoms with van der Waals surface area (Å²) >= 11 is 5.41. The normalized spacial score (nSPS) is 20.3. The lowest BCUT2D eigenvalue weighted by Crippen LogP contribution is -3.16. The predicted molar refractivity (Wildman–Crippen MR) is 102 cm³/mol. The van der Waals surface area contributed by atoms with Crippen molar-refractivity contribution in [1.82, 2.24) is 14.8 Å². The highest BCUT2D eigenvalue weighted by Crippen LogP contribution is 2.15. The Bertz CT molecular complexity index is 903. The molecule has 2 atom stereocenters. The highest BCUT2D eigenvalue weighted by atomic mass is 32.2. The average molecular weight is 398 g/mol. The average Bonchev–Trinajstić information content (AvgIpc) is 3.14. The molecule has 1 aliphatic heterocycles. The predicted octanol–water partition coefficient (Wildman–Crippen LogP) is 0.592. The molecule has 0 aliphatic carbocycles. The van der Waals surface area contributed by atoms with Crippen LogP contribution in [0.1, 0.15) is 12.0 Å². The van der Waals surface area contributed by atoms with Crippen LogP contribution in [0, 0.1) is 11.7 Å². The van der Waals surface area contributed by atoms with E-state index < -0.39 is 9.84 Å². The zero-order valence-corrected chi connectivity index (χ0v) is 16.7. The van der Waals surface area contributed by atoms with E-state index in [1.165, 1.54) is 5.56 Å². The molecular formula is C17H25N4O3S2+. The largest absolute Gasteiger partial charge is 0.379 e. The van der Waals surface area contributed by atoms with E-state index in [9.17, 15) is 8.42 Å². The third-order valence-electron chi connectivity index (χ3n) is 4.80. The number of H-pyrrole nitrogens is 1. The van der Waals surface area contributed by atoms with Crippen molar-refractivity contribution in [3.63, 3.8) is 0 Å². The number of quaternary nitrogens is 1. The third-order valence-corrected chi connectivity index (χ3v) is 6.88. The summed E-state index contributed by atoms with van der Waals surface area (Å²) in [5.74, 6) is 1.20. The van der Waals surface area contributed by atoms with Crippen molar-refractivity contribution in [2.45, 2.75) is 26.1 Å². The van der Waals surface area contributed by atoms with Crippen LogP contribution in [0.4, 0.5) is 0 Å². The molecule has 1 fully saturated rings. The summed E-state index contributed by atoms with van der Waals surface area (Å²) < 4.78 is 31.2. The molecule has 2 heterocycles. The number of aromatic amines is 1. The van der Waals surface area contributed by atoms with Gasteiger partial charge < -0.3 is 9.64 Å². The standard InChI is InChI=1S/C17H24N4O3S2/c1-13-3-5-14(6-4-13)16-18-17(25)21(19-16)12-20(8-9-24-2)15-7-10-26(22,23)11-15/h3-6,15H,7-12H2,1-2H3,(H,18,19,25)/p+1/t15-/m1/s1. The fourth-order valence-corrected chi connectivity index (χ4v) is 5.30. The first-order valence-electron chi connectivity index (χ1n) is 8.66. The summed E-state index contributed by atoms with van der Waals surface area (Å²) in [4.78, 5) is 5.60. The summed E-state index contributed by atoms with van der Waals surface area (Å²) in [6.07, 6.45) is 0.674. The molecule has 1 saturated heterocycles. The van der Waals surface area contributed by atoms with Crippen molar-refractivity contribution in [3.8, 4) is 11.4 Å². The summed E-state index contributed by atoms with van der Waals surface area (Å²) in [6, 6.07) is 8.14. The molecule has 0 spiro atoms. The van der Waals surface area contributed by atoms with E-state index in [-0.39, 0.29) is 17.5 Å². The molecule has 2 N–H and O–H groups in total. The van der Waals surface area contributed by atoms with Gasteiger partial charge in [0, 0.05) is 19.1 Å². The van der Waals surface area contributed by atoms with Gasteiger partial charge in [-0.1, -0.05) is 29.8 Å². The first kappa shape index (κ1) is 19.2. The molecule has 1 unspecified atom stereocenters. The van der Waals surface area contributed by atoms with E-state index >= 15 is 0 Å². The SMILES string of the molecule is COCC[NH+](Cn1[nH]c(-c2ccc(C)cc2)nc1=S)[C@@H]1CCS(=O)(=O)C1. The smallest absolute Gasteiger partial charge is 0.221 e. The van der Waals surface area contributed by atoms with Crippen molar-refractivity contribution < 1.29 is 18.1 Å². The summed E-state index contributed by atoms with van der Waals surface area (Å²) in [6.45, 7) is 3.87. The summed E-state index contributed by atoms with van der Waals surface area (Å²) in [5, 5.41) is 3.26. The lowest BCUT2D eigenvalue weighted by Gasteiger charge is -2.24. The fourth-order valence-electron chi connectivity index (χ4n) is 3.27. The quantitative estimate of drug-likeness (QED) is 0.669. The van der Waals surface area contributed by atoms with Crippen LogP contribution in [0.25, 0.3) is 11.4 Å². The van der Waals surface area contributed by atoms with Gasteiger partial charge in [0.25, 0.3) is 0 Å². The second-order valence-corrected chi connectivity index (χ2v) is 9.40. The Morgan fingerprint density at radius 3 is 2.73 bits per heavy atom. The molecule has 2 aromatic rings. The third kappa shape index (κ3) is 4.59. The summed E-state index contributed by atoms with van der Waals surface area (Å²) in [7, 11) is -1.28. The maximum absolute atomic E-state index is 11.9. The zero-order valence-electron chi connectivity index (χ0n) is 15.1. The van der Waals surface area contributed by atoms with Crippen LogP contribution < -0.4 is 4.90 Å². The number of methoxy groups -OCH3 is 1. The number of hydrogen-bond acceptors (Lipinski definition) is 5. The molecule has 0 amide bonds. The Hall–Kier alpha value is -1.55. The molecule has 1 aromatic carbocycles. The first-order valence-corrected chi connectivity index (χ1v) is 10.9. The second-order valence-electron chi connectivity index (χ2n) is 6.81. The Balaban J connectivity index is 1.80. The number of sulfone groups is 1. The summed E-state index contributed by atoms with van der Waals surface area (Å²) in [5.41, 5.74) is 2.16. The van der Waals surface area contributed by atoms with Gasteiger partial charge >= 0.3 is 0 Å². The minimum Gasteiger partial charge on any atom is -0.379 e. The van der Waals surface area contributed by atoms with Gasteiger partial charge in [0.05, 0.1) is 12.4 Å². The molecule has 1 aliphatic rings. The highest BCUT2D eigenvalue weighted by molar-refractivity contribution is 7.91. The number of aryl methyl sites for hydroxylation is 1. The Labute approximate surface area is 158 Å². The minimum atomic E-state index is -2.93. The number of hydrogen-bond donors (Lipinski definition) is 2. The molecular weight excluding hydrogens is 372 g/mol. The van der Waals surface area contributed by atoms with Gasteiger partial charge in [-0.15, -0.1) is 0 Å². The van der Waals surface area contributed by atoms with Crippen LogP contribution in [-0.4, -0.2) is 61.0 Å². The minimum absolute atomic E-state index is 0.0585. The van der Waals surface area contributed by atoms with Crippen molar-refractivity contribution in [2.75, 3.05) is 31.8 Å². The van der Waals surface area contributed by atoms with Crippen molar-refractivity contribution in [3.05, 3.63) is 34.6 Å². The molecule has 7 nitrogen and oxygen atoms in total. The monoisotopic (exact) mass is 397 g/mol. The molecule has 9 heteroatoms. The maximum Gasteiger partial charge on any atom is 0.221 e. The van der Waals surface area contributed by atoms with Gasteiger partial charge in [0.2, 0.25) is 4.77 Å². The van der Waals surface area contributed by atoms with E-state index in [1.54, 1.807) is 7.11 Å². The van der Waals surface area contributed by atoms with Crippen LogP contribution in [0.5, 0.6) is 0 Å². The van der Waals surface area contributed by atoms with Gasteiger partial charge in [0.1, 0.15) is 18.3 Å². The molecule has 0 saturated carbocycles. The molecule has 26 heavy (non-hydrogen) atoms. The maximum atomic E-state index is 11.9. The second kappa shape index (κ2) is 7.99. The highest BCUT2D eigenvalue weighted by Gasteiger charge is 2.35. The first-order chi connectivity index (χ1) is 12.4. The van der Waals surface area contributed by atoms with E-state index in [2.05, 4.69) is 10.1 Å². The van der Waals surface area contributed by atoms with E-state index in [0.29, 0.717) is 24.5 Å². The zero-order chi connectivity index (χ0) is 18.7. The molecule has 0 radical (unpaired) electrons. The van der Waals surface area contributed by atoms with E-state index in [1.807, 2.05) is 35.9 Å². The molecule has 3 rings (SSSR count). The van der Waals surface area contributed by atoms with Crippen LogP contribution in [0.2, 0.25) is 0 Å². The number of nitrogens with zero attached hydrogens (tertiary/aromatic N) is 2. The lowest BCUT2D eigenvalue weighted by molar-refractivity contribution is -0.945. The van der Waals surface area contributed by atoms with Gasteiger partial charge in [0.15, 0.2) is 22.3 Å². The molecule has 142 valence electrons. The van der Waals surface area contributed by atoms with Crippen LogP contribution in [0.3, 0.4) is 0 Å².